The van der Waals surface area contributed by atoms with Crippen LogP contribution in [0.3, 0.4) is 0 Å². The first kappa shape index (κ1) is 13.7. The molecule has 1 aromatic heterocycles. The van der Waals surface area contributed by atoms with Crippen LogP contribution in [0.4, 0.5) is 5.69 Å². The maximum absolute atomic E-state index is 5.97. The monoisotopic (exact) mass is 258 g/mol. The molecular weight excluding hydrogens is 236 g/mol. The van der Waals surface area contributed by atoms with Crippen molar-refractivity contribution in [2.24, 2.45) is 0 Å². The number of nitrogen functional groups attached to an aromatic ring is 1. The van der Waals surface area contributed by atoms with Gasteiger partial charge in [0, 0.05) is 28.4 Å². The molecule has 19 heavy (non-hydrogen) atoms. The predicted octanol–water partition coefficient (Wildman–Crippen LogP) is 4.08. The number of hydrogen-bond donors (Lipinski definition) is 1. The zero-order valence-electron chi connectivity index (χ0n) is 11.8. The predicted molar refractivity (Wildman–Crippen MR) is 80.5 cm³/mol. The van der Waals surface area contributed by atoms with Crippen molar-refractivity contribution in [3.8, 4) is 5.75 Å². The summed E-state index contributed by atoms with van der Waals surface area (Å²) in [4.78, 5) is 4.29. The zero-order chi connectivity index (χ0) is 13.7. The van der Waals surface area contributed by atoms with Crippen LogP contribution in [0.15, 0.2) is 24.4 Å². The molecule has 2 N–H and O–H groups in total. The van der Waals surface area contributed by atoms with Gasteiger partial charge in [0.2, 0.25) is 0 Å². The number of ether oxygens (including phenoxy) is 1. The average molecular weight is 258 g/mol. The first-order valence-electron chi connectivity index (χ1n) is 7.00. The molecule has 2 aromatic rings. The number of fused-ring (bicyclic) bond motifs is 1. The van der Waals surface area contributed by atoms with Crippen molar-refractivity contribution in [2.45, 2.75) is 39.5 Å². The van der Waals surface area contributed by atoms with Crippen LogP contribution in [-0.2, 0) is 0 Å². The van der Waals surface area contributed by atoms with Gasteiger partial charge in [0.25, 0.3) is 0 Å². The van der Waals surface area contributed by atoms with Gasteiger partial charge in [0.15, 0.2) is 0 Å². The van der Waals surface area contributed by atoms with E-state index in [1.165, 1.54) is 19.3 Å². The molecule has 0 atom stereocenters. The van der Waals surface area contributed by atoms with E-state index in [1.807, 2.05) is 31.3 Å². The summed E-state index contributed by atoms with van der Waals surface area (Å²) in [5.74, 6) is 0.909. The van der Waals surface area contributed by atoms with E-state index in [0.29, 0.717) is 0 Å². The molecule has 0 unspecified atom stereocenters. The van der Waals surface area contributed by atoms with E-state index in [9.17, 15) is 0 Å². The second-order valence-electron chi connectivity index (χ2n) is 4.93. The molecule has 102 valence electrons. The van der Waals surface area contributed by atoms with Gasteiger partial charge in [-0.25, -0.2) is 0 Å². The Hall–Kier alpha value is -1.77. The number of benzene rings is 1. The highest BCUT2D eigenvalue weighted by Crippen LogP contribution is 2.30. The lowest BCUT2D eigenvalue weighted by molar-refractivity contribution is 0.308. The maximum Gasteiger partial charge on any atom is 0.127 e. The minimum atomic E-state index is 0.751. The zero-order valence-corrected chi connectivity index (χ0v) is 11.8. The molecule has 0 spiro atoms. The third kappa shape index (κ3) is 3.37. The summed E-state index contributed by atoms with van der Waals surface area (Å²) >= 11 is 0. The quantitative estimate of drug-likeness (QED) is 0.627. The number of nitrogens with zero attached hydrogens (tertiary/aromatic N) is 1. The van der Waals surface area contributed by atoms with E-state index >= 15 is 0 Å². The van der Waals surface area contributed by atoms with Gasteiger partial charge >= 0.3 is 0 Å². The molecule has 0 saturated carbocycles. The van der Waals surface area contributed by atoms with Crippen LogP contribution in [0.1, 0.15) is 38.3 Å². The average Bonchev–Trinajstić information content (AvgIpc) is 2.41. The Morgan fingerprint density at radius 1 is 1.16 bits per heavy atom. The second-order valence-corrected chi connectivity index (χ2v) is 4.93. The highest BCUT2D eigenvalue weighted by Gasteiger charge is 2.06. The van der Waals surface area contributed by atoms with Crippen molar-refractivity contribution in [1.29, 1.82) is 0 Å². The number of unbranched alkanes of at least 4 members (excludes halogenated alkanes) is 3. The Bertz CT molecular complexity index is 552. The van der Waals surface area contributed by atoms with Gasteiger partial charge in [0.1, 0.15) is 5.75 Å². The van der Waals surface area contributed by atoms with Crippen molar-refractivity contribution < 1.29 is 4.74 Å². The molecule has 0 aliphatic carbocycles. The van der Waals surface area contributed by atoms with Crippen molar-refractivity contribution >= 4 is 16.5 Å². The lowest BCUT2D eigenvalue weighted by atomic mass is 10.1. The van der Waals surface area contributed by atoms with Gasteiger partial charge < -0.3 is 10.5 Å². The Kier molecular flexibility index (Phi) is 4.61. The number of aromatic nitrogens is 1. The molecule has 3 nitrogen and oxygen atoms in total. The first-order valence-corrected chi connectivity index (χ1v) is 7.00. The van der Waals surface area contributed by atoms with Crippen molar-refractivity contribution in [3.05, 3.63) is 30.1 Å². The largest absolute Gasteiger partial charge is 0.493 e. The van der Waals surface area contributed by atoms with Crippen molar-refractivity contribution in [2.75, 3.05) is 12.3 Å². The molecule has 1 aromatic carbocycles. The molecule has 2 rings (SSSR count). The van der Waals surface area contributed by atoms with Crippen LogP contribution < -0.4 is 10.5 Å². The SMILES string of the molecule is CCCCCCOc1ccc(N)c2cnc(C)cc12. The molecule has 0 aliphatic rings. The molecule has 1 heterocycles. The molecule has 0 saturated heterocycles. The summed E-state index contributed by atoms with van der Waals surface area (Å²) in [6, 6.07) is 5.88. The lowest BCUT2D eigenvalue weighted by Gasteiger charge is -2.11. The highest BCUT2D eigenvalue weighted by atomic mass is 16.5. The molecule has 0 aliphatic heterocycles. The van der Waals surface area contributed by atoms with Crippen LogP contribution in [0.2, 0.25) is 0 Å². The topological polar surface area (TPSA) is 48.1 Å². The van der Waals surface area contributed by atoms with E-state index < -0.39 is 0 Å². The molecule has 0 amide bonds. The van der Waals surface area contributed by atoms with E-state index in [-0.39, 0.29) is 0 Å². The standard InChI is InChI=1S/C16H22N2O/c1-3-4-5-6-9-19-16-8-7-15(17)14-11-18-12(2)10-13(14)16/h7-8,10-11H,3-6,9,17H2,1-2H3. The maximum atomic E-state index is 5.97. The van der Waals surface area contributed by atoms with E-state index in [1.54, 1.807) is 0 Å². The summed E-state index contributed by atoms with van der Waals surface area (Å²) in [6.07, 6.45) is 6.67. The fraction of sp³-hybridized carbons (Fsp3) is 0.438. The van der Waals surface area contributed by atoms with E-state index in [4.69, 9.17) is 10.5 Å². The van der Waals surface area contributed by atoms with Crippen LogP contribution in [0.5, 0.6) is 5.75 Å². The molecule has 0 fully saturated rings. The molecule has 3 heteroatoms. The fourth-order valence-corrected chi connectivity index (χ4v) is 2.18. The number of hydrogen-bond acceptors (Lipinski definition) is 3. The third-order valence-corrected chi connectivity index (χ3v) is 3.29. The molecule has 0 bridgehead atoms. The van der Waals surface area contributed by atoms with Gasteiger partial charge in [0.05, 0.1) is 6.61 Å². The number of pyridine rings is 1. The Balaban J connectivity index is 2.14. The van der Waals surface area contributed by atoms with Crippen LogP contribution in [0.25, 0.3) is 10.8 Å². The number of nitrogens with two attached hydrogens (primary N) is 1. The smallest absolute Gasteiger partial charge is 0.127 e. The normalized spacial score (nSPS) is 10.8. The van der Waals surface area contributed by atoms with Gasteiger partial charge in [-0.1, -0.05) is 26.2 Å². The summed E-state index contributed by atoms with van der Waals surface area (Å²) in [6.45, 7) is 4.96. The van der Waals surface area contributed by atoms with Gasteiger partial charge in [-0.05, 0) is 31.5 Å². The Morgan fingerprint density at radius 2 is 2.00 bits per heavy atom. The number of anilines is 1. The highest BCUT2D eigenvalue weighted by molar-refractivity contribution is 5.96. The molecular formula is C16H22N2O. The van der Waals surface area contributed by atoms with Gasteiger partial charge in [-0.3, -0.25) is 4.98 Å². The summed E-state index contributed by atoms with van der Waals surface area (Å²) in [7, 11) is 0. The van der Waals surface area contributed by atoms with Crippen LogP contribution in [-0.4, -0.2) is 11.6 Å². The summed E-state index contributed by atoms with van der Waals surface area (Å²) in [5.41, 5.74) is 7.71. The summed E-state index contributed by atoms with van der Waals surface area (Å²) < 4.78 is 5.89. The van der Waals surface area contributed by atoms with Gasteiger partial charge in [-0.2, -0.15) is 0 Å². The van der Waals surface area contributed by atoms with Crippen molar-refractivity contribution in [1.82, 2.24) is 4.98 Å². The van der Waals surface area contributed by atoms with Gasteiger partial charge in [-0.15, -0.1) is 0 Å². The minimum Gasteiger partial charge on any atom is -0.493 e. The number of aryl methyl sites for hydroxylation is 1. The summed E-state index contributed by atoms with van der Waals surface area (Å²) in [5, 5.41) is 2.03. The first-order chi connectivity index (χ1) is 9.22. The Morgan fingerprint density at radius 3 is 2.79 bits per heavy atom. The molecule has 0 radical (unpaired) electrons. The van der Waals surface area contributed by atoms with Crippen LogP contribution >= 0.6 is 0 Å². The van der Waals surface area contributed by atoms with Crippen LogP contribution in [0, 0.1) is 6.92 Å². The second kappa shape index (κ2) is 6.41. The van der Waals surface area contributed by atoms with Crippen molar-refractivity contribution in [3.63, 3.8) is 0 Å². The lowest BCUT2D eigenvalue weighted by Crippen LogP contribution is -1.99. The van der Waals surface area contributed by atoms with E-state index in [2.05, 4.69) is 11.9 Å². The number of rotatable bonds is 6. The Labute approximate surface area is 114 Å². The fourth-order valence-electron chi connectivity index (χ4n) is 2.18. The third-order valence-electron chi connectivity index (χ3n) is 3.29. The minimum absolute atomic E-state index is 0.751. The van der Waals surface area contributed by atoms with E-state index in [0.717, 1.165) is 40.9 Å².